The van der Waals surface area contributed by atoms with E-state index in [1.165, 1.54) is 0 Å². The van der Waals surface area contributed by atoms with Crippen LogP contribution in [0.1, 0.15) is 6.92 Å². The maximum Gasteiger partial charge on any atom is 0.310 e. The summed E-state index contributed by atoms with van der Waals surface area (Å²) in [6.45, 7) is 3.74. The van der Waals surface area contributed by atoms with E-state index in [-0.39, 0.29) is 23.9 Å². The van der Waals surface area contributed by atoms with Crippen LogP contribution in [0, 0.1) is 11.8 Å². The monoisotopic (exact) mass is 223 g/mol. The smallest absolute Gasteiger partial charge is 0.310 e. The zero-order valence-corrected chi connectivity index (χ0v) is 9.39. The molecule has 4 heteroatoms. The predicted octanol–water partition coefficient (Wildman–Crippen LogP) is 0.854. The van der Waals surface area contributed by atoms with Gasteiger partial charge in [0.05, 0.1) is 18.8 Å². The molecule has 2 aliphatic heterocycles. The number of hydrogen-bond donors (Lipinski definition) is 1. The number of hydrogen-bond acceptors (Lipinski definition) is 4. The van der Waals surface area contributed by atoms with Gasteiger partial charge < -0.3 is 14.8 Å². The fraction of sp³-hybridized carbons (Fsp3) is 0.583. The molecule has 0 amide bonds. The molecule has 2 heterocycles. The molecule has 16 heavy (non-hydrogen) atoms. The molecule has 0 bridgehead atoms. The third-order valence-corrected chi connectivity index (χ3v) is 3.00. The van der Waals surface area contributed by atoms with E-state index in [1.807, 2.05) is 25.2 Å². The summed E-state index contributed by atoms with van der Waals surface area (Å²) in [5.41, 5.74) is 0. The van der Waals surface area contributed by atoms with E-state index in [1.54, 1.807) is 6.26 Å². The van der Waals surface area contributed by atoms with Crippen molar-refractivity contribution in [3.63, 3.8) is 0 Å². The number of ether oxygens (including phenoxy) is 2. The van der Waals surface area contributed by atoms with Crippen molar-refractivity contribution in [3.8, 4) is 0 Å². The molecule has 0 radical (unpaired) electrons. The van der Waals surface area contributed by atoms with Crippen LogP contribution >= 0.6 is 0 Å². The fourth-order valence-corrected chi connectivity index (χ4v) is 2.20. The number of allylic oxidation sites excluding steroid dienone is 2. The average molecular weight is 223 g/mol. The zero-order chi connectivity index (χ0) is 11.4. The highest BCUT2D eigenvalue weighted by molar-refractivity contribution is 5.73. The summed E-state index contributed by atoms with van der Waals surface area (Å²) in [7, 11) is 0. The van der Waals surface area contributed by atoms with Gasteiger partial charge in [-0.25, -0.2) is 0 Å². The first-order valence-corrected chi connectivity index (χ1v) is 5.69. The number of rotatable bonds is 3. The quantitative estimate of drug-likeness (QED) is 0.721. The fourth-order valence-electron chi connectivity index (χ4n) is 2.20. The van der Waals surface area contributed by atoms with Crippen LogP contribution in [0.5, 0.6) is 0 Å². The number of carbonyl (C=O) groups excluding carboxylic acids is 1. The van der Waals surface area contributed by atoms with Crippen LogP contribution in [0.2, 0.25) is 0 Å². The SMILES string of the molecule is CCOC(=O)[C@H]1CNCC1C1C=CC=CO1. The van der Waals surface area contributed by atoms with Crippen molar-refractivity contribution in [3.05, 3.63) is 24.5 Å². The van der Waals surface area contributed by atoms with Gasteiger partial charge in [0.25, 0.3) is 0 Å². The highest BCUT2D eigenvalue weighted by Crippen LogP contribution is 2.26. The van der Waals surface area contributed by atoms with E-state index in [0.717, 1.165) is 6.54 Å². The van der Waals surface area contributed by atoms with Crippen molar-refractivity contribution in [2.24, 2.45) is 11.8 Å². The summed E-state index contributed by atoms with van der Waals surface area (Å²) < 4.78 is 10.6. The van der Waals surface area contributed by atoms with Gasteiger partial charge in [-0.1, -0.05) is 6.08 Å². The molecule has 1 fully saturated rings. The van der Waals surface area contributed by atoms with Gasteiger partial charge in [0.15, 0.2) is 0 Å². The molecule has 2 rings (SSSR count). The third-order valence-electron chi connectivity index (χ3n) is 3.00. The standard InChI is InChI=1S/C12H17NO3/c1-2-15-12(14)10-8-13-7-9(10)11-5-3-4-6-16-11/h3-6,9-11,13H,2,7-8H2,1H3/t9?,10-,11?/m0/s1. The summed E-state index contributed by atoms with van der Waals surface area (Å²) in [5, 5.41) is 3.22. The summed E-state index contributed by atoms with van der Waals surface area (Å²) in [4.78, 5) is 11.7. The Balaban J connectivity index is 2.00. The molecule has 88 valence electrons. The van der Waals surface area contributed by atoms with E-state index >= 15 is 0 Å². The Morgan fingerprint density at radius 3 is 3.06 bits per heavy atom. The van der Waals surface area contributed by atoms with E-state index in [4.69, 9.17) is 9.47 Å². The normalized spacial score (nSPS) is 32.4. The van der Waals surface area contributed by atoms with E-state index < -0.39 is 0 Å². The first kappa shape index (κ1) is 11.2. The second-order valence-corrected chi connectivity index (χ2v) is 3.99. The molecule has 0 aromatic rings. The van der Waals surface area contributed by atoms with Crippen molar-refractivity contribution in [1.29, 1.82) is 0 Å². The van der Waals surface area contributed by atoms with Crippen LogP contribution < -0.4 is 5.32 Å². The van der Waals surface area contributed by atoms with Gasteiger partial charge in [0.2, 0.25) is 0 Å². The van der Waals surface area contributed by atoms with Gasteiger partial charge in [0, 0.05) is 19.0 Å². The number of nitrogens with one attached hydrogen (secondary N) is 1. The van der Waals surface area contributed by atoms with Crippen LogP contribution in [0.25, 0.3) is 0 Å². The Hall–Kier alpha value is -1.29. The lowest BCUT2D eigenvalue weighted by Crippen LogP contribution is -2.33. The number of esters is 1. The second-order valence-electron chi connectivity index (χ2n) is 3.99. The molecule has 0 aromatic heterocycles. The first-order chi connectivity index (χ1) is 7.83. The molecule has 0 saturated carbocycles. The predicted molar refractivity (Wildman–Crippen MR) is 59.6 cm³/mol. The Morgan fingerprint density at radius 1 is 1.50 bits per heavy atom. The van der Waals surface area contributed by atoms with Crippen LogP contribution in [0.3, 0.4) is 0 Å². The Kier molecular flexibility index (Phi) is 3.62. The third kappa shape index (κ3) is 2.27. The summed E-state index contributed by atoms with van der Waals surface area (Å²) in [6, 6.07) is 0. The molecular formula is C12H17NO3. The molecule has 1 saturated heterocycles. The summed E-state index contributed by atoms with van der Waals surface area (Å²) in [5.74, 6) is -0.0506. The van der Waals surface area contributed by atoms with Gasteiger partial charge in [-0.15, -0.1) is 0 Å². The van der Waals surface area contributed by atoms with Crippen molar-refractivity contribution in [2.75, 3.05) is 19.7 Å². The van der Waals surface area contributed by atoms with Crippen LogP contribution in [-0.2, 0) is 14.3 Å². The molecular weight excluding hydrogens is 206 g/mol. The molecule has 0 spiro atoms. The lowest BCUT2D eigenvalue weighted by Gasteiger charge is -2.25. The summed E-state index contributed by atoms with van der Waals surface area (Å²) in [6.07, 6.45) is 7.44. The molecule has 3 atom stereocenters. The van der Waals surface area contributed by atoms with Crippen molar-refractivity contribution >= 4 is 5.97 Å². The van der Waals surface area contributed by atoms with Crippen molar-refractivity contribution in [2.45, 2.75) is 13.0 Å². The van der Waals surface area contributed by atoms with Crippen molar-refractivity contribution < 1.29 is 14.3 Å². The minimum Gasteiger partial charge on any atom is -0.494 e. The van der Waals surface area contributed by atoms with E-state index in [9.17, 15) is 4.79 Å². The molecule has 0 aliphatic carbocycles. The lowest BCUT2D eigenvalue weighted by atomic mass is 9.90. The molecule has 2 aliphatic rings. The lowest BCUT2D eigenvalue weighted by molar-refractivity contribution is -0.149. The highest BCUT2D eigenvalue weighted by Gasteiger charge is 2.39. The van der Waals surface area contributed by atoms with Gasteiger partial charge in [-0.2, -0.15) is 0 Å². The molecule has 2 unspecified atom stereocenters. The minimum absolute atomic E-state index is 0.0191. The maximum atomic E-state index is 11.7. The summed E-state index contributed by atoms with van der Waals surface area (Å²) >= 11 is 0. The van der Waals surface area contributed by atoms with Crippen LogP contribution in [-0.4, -0.2) is 31.8 Å². The van der Waals surface area contributed by atoms with E-state index in [0.29, 0.717) is 13.2 Å². The highest BCUT2D eigenvalue weighted by atomic mass is 16.5. The number of carbonyl (C=O) groups is 1. The van der Waals surface area contributed by atoms with Gasteiger partial charge in [-0.3, -0.25) is 4.79 Å². The maximum absolute atomic E-state index is 11.7. The largest absolute Gasteiger partial charge is 0.494 e. The Morgan fingerprint density at radius 2 is 2.38 bits per heavy atom. The Bertz CT molecular complexity index is 311. The molecule has 0 aromatic carbocycles. The average Bonchev–Trinajstić information content (AvgIpc) is 2.79. The first-order valence-electron chi connectivity index (χ1n) is 5.69. The second kappa shape index (κ2) is 5.16. The minimum atomic E-state index is -0.121. The topological polar surface area (TPSA) is 47.6 Å². The van der Waals surface area contributed by atoms with Crippen LogP contribution in [0.4, 0.5) is 0 Å². The van der Waals surface area contributed by atoms with Gasteiger partial charge in [0.1, 0.15) is 6.10 Å². The van der Waals surface area contributed by atoms with E-state index in [2.05, 4.69) is 5.32 Å². The van der Waals surface area contributed by atoms with Crippen molar-refractivity contribution in [1.82, 2.24) is 5.32 Å². The van der Waals surface area contributed by atoms with Gasteiger partial charge in [-0.05, 0) is 19.1 Å². The zero-order valence-electron chi connectivity index (χ0n) is 9.39. The Labute approximate surface area is 95.3 Å². The molecule has 1 N–H and O–H groups in total. The van der Waals surface area contributed by atoms with Gasteiger partial charge >= 0.3 is 5.97 Å². The van der Waals surface area contributed by atoms with Crippen LogP contribution in [0.15, 0.2) is 24.5 Å². The molecule has 4 nitrogen and oxygen atoms in total.